The van der Waals surface area contributed by atoms with E-state index in [9.17, 15) is 14.4 Å². The number of hydrogen-bond donors (Lipinski definition) is 1. The quantitative estimate of drug-likeness (QED) is 0.287. The standard InChI is InChI=1S/C31H31N3O5/c1-31(2,3)39-30(37)32-18-13-14-24-25(20-10-6-8-12-23(20)34(24)16-15-18)27-26(28(35)38-29(27)36)21-17-33(4)22-11-7-5-9-19(21)22/h5-12,17-18H,13-16H2,1-4H3,(H,32,37). The van der Waals surface area contributed by atoms with Gasteiger partial charge in [0.05, 0.1) is 11.1 Å². The Balaban J connectivity index is 1.48. The molecule has 200 valence electrons. The minimum atomic E-state index is -0.631. The van der Waals surface area contributed by atoms with Gasteiger partial charge in [0.2, 0.25) is 0 Å². The number of carbonyl (C=O) groups is 3. The lowest BCUT2D eigenvalue weighted by Crippen LogP contribution is -2.39. The average Bonchev–Trinajstić information content (AvgIpc) is 3.40. The molecule has 4 heterocycles. The van der Waals surface area contributed by atoms with Crippen molar-refractivity contribution in [3.8, 4) is 0 Å². The second-order valence-corrected chi connectivity index (χ2v) is 11.3. The maximum absolute atomic E-state index is 13.4. The molecule has 0 fully saturated rings. The molecule has 0 aliphatic carbocycles. The first-order valence-corrected chi connectivity index (χ1v) is 13.3. The van der Waals surface area contributed by atoms with Gasteiger partial charge in [-0.3, -0.25) is 0 Å². The lowest BCUT2D eigenvalue weighted by atomic mass is 9.92. The molecule has 8 nitrogen and oxygen atoms in total. The summed E-state index contributed by atoms with van der Waals surface area (Å²) >= 11 is 0. The summed E-state index contributed by atoms with van der Waals surface area (Å²) in [4.78, 5) is 39.1. The van der Waals surface area contributed by atoms with Crippen LogP contribution >= 0.6 is 0 Å². The number of rotatable bonds is 3. The van der Waals surface area contributed by atoms with Gasteiger partial charge < -0.3 is 23.9 Å². The number of para-hydroxylation sites is 2. The number of aromatic nitrogens is 2. The van der Waals surface area contributed by atoms with Crippen molar-refractivity contribution in [1.82, 2.24) is 14.5 Å². The molecule has 0 bridgehead atoms. The van der Waals surface area contributed by atoms with Gasteiger partial charge in [-0.05, 0) is 52.2 Å². The topological polar surface area (TPSA) is 91.6 Å². The van der Waals surface area contributed by atoms with Crippen LogP contribution in [0.3, 0.4) is 0 Å². The van der Waals surface area contributed by atoms with Crippen LogP contribution in [0.1, 0.15) is 50.4 Å². The summed E-state index contributed by atoms with van der Waals surface area (Å²) in [5.74, 6) is -1.26. The van der Waals surface area contributed by atoms with Gasteiger partial charge in [-0.25, -0.2) is 14.4 Å². The Morgan fingerprint density at radius 1 is 0.949 bits per heavy atom. The Hall–Kier alpha value is -4.33. The third-order valence-corrected chi connectivity index (χ3v) is 7.49. The van der Waals surface area contributed by atoms with E-state index in [1.165, 1.54) is 0 Å². The zero-order valence-electron chi connectivity index (χ0n) is 22.5. The summed E-state index contributed by atoms with van der Waals surface area (Å²) < 4.78 is 14.9. The van der Waals surface area contributed by atoms with E-state index in [1.807, 2.05) is 87.1 Å². The third-order valence-electron chi connectivity index (χ3n) is 7.49. The minimum absolute atomic E-state index is 0.0879. The lowest BCUT2D eigenvalue weighted by molar-refractivity contribution is -0.149. The molecule has 0 saturated carbocycles. The summed E-state index contributed by atoms with van der Waals surface area (Å²) in [7, 11) is 1.92. The molecule has 2 aromatic carbocycles. The SMILES string of the molecule is Cn1cc(C2=C(c3c4n(c5ccccc35)CCC(NC(=O)OC(C)(C)C)CC4)C(=O)OC2=O)c2ccccc21. The van der Waals surface area contributed by atoms with Crippen LogP contribution in [0, 0.1) is 0 Å². The monoisotopic (exact) mass is 525 g/mol. The van der Waals surface area contributed by atoms with E-state index in [0.29, 0.717) is 42.5 Å². The van der Waals surface area contributed by atoms with Gasteiger partial charge in [0.15, 0.2) is 0 Å². The Bertz CT molecular complexity index is 1700. The predicted molar refractivity (Wildman–Crippen MR) is 149 cm³/mol. The van der Waals surface area contributed by atoms with Crippen LogP contribution in [0.5, 0.6) is 0 Å². The van der Waals surface area contributed by atoms with Crippen molar-refractivity contribution in [1.29, 1.82) is 0 Å². The van der Waals surface area contributed by atoms with Crippen LogP contribution in [0.2, 0.25) is 0 Å². The second kappa shape index (κ2) is 9.15. The van der Waals surface area contributed by atoms with Gasteiger partial charge in [-0.1, -0.05) is 36.4 Å². The summed E-state index contributed by atoms with van der Waals surface area (Å²) in [6, 6.07) is 15.7. The highest BCUT2D eigenvalue weighted by atomic mass is 16.6. The molecule has 0 spiro atoms. The smallest absolute Gasteiger partial charge is 0.407 e. The molecule has 4 aromatic rings. The van der Waals surface area contributed by atoms with E-state index in [2.05, 4.69) is 9.88 Å². The second-order valence-electron chi connectivity index (χ2n) is 11.3. The van der Waals surface area contributed by atoms with Gasteiger partial charge in [0.25, 0.3) is 0 Å². The number of cyclic esters (lactones) is 2. The molecule has 39 heavy (non-hydrogen) atoms. The zero-order valence-corrected chi connectivity index (χ0v) is 22.5. The number of nitrogens with zero attached hydrogens (tertiary/aromatic N) is 2. The van der Waals surface area contributed by atoms with Gasteiger partial charge in [0.1, 0.15) is 5.60 Å². The fraction of sp³-hybridized carbons (Fsp3) is 0.323. The van der Waals surface area contributed by atoms with Crippen LogP contribution in [0.15, 0.2) is 54.7 Å². The summed E-state index contributed by atoms with van der Waals surface area (Å²) in [5.41, 5.74) is 4.35. The van der Waals surface area contributed by atoms with Crippen molar-refractivity contribution in [3.63, 3.8) is 0 Å². The maximum Gasteiger partial charge on any atom is 0.407 e. The first-order valence-electron chi connectivity index (χ1n) is 13.3. The van der Waals surface area contributed by atoms with Crippen molar-refractivity contribution < 1.29 is 23.9 Å². The van der Waals surface area contributed by atoms with Gasteiger partial charge in [-0.15, -0.1) is 0 Å². The molecular formula is C31H31N3O5. The Morgan fingerprint density at radius 3 is 2.36 bits per heavy atom. The minimum Gasteiger partial charge on any atom is -0.444 e. The molecule has 0 saturated heterocycles. The van der Waals surface area contributed by atoms with Crippen molar-refractivity contribution in [2.75, 3.05) is 0 Å². The van der Waals surface area contributed by atoms with Crippen molar-refractivity contribution in [2.24, 2.45) is 7.05 Å². The Morgan fingerprint density at radius 2 is 1.62 bits per heavy atom. The van der Waals surface area contributed by atoms with E-state index in [4.69, 9.17) is 9.47 Å². The number of benzene rings is 2. The largest absolute Gasteiger partial charge is 0.444 e. The highest BCUT2D eigenvalue weighted by Crippen LogP contribution is 2.43. The maximum atomic E-state index is 13.4. The number of alkyl carbamates (subject to hydrolysis) is 1. The summed E-state index contributed by atoms with van der Waals surface area (Å²) in [6.45, 7) is 6.17. The third kappa shape index (κ3) is 4.30. The van der Waals surface area contributed by atoms with E-state index < -0.39 is 23.6 Å². The Kier molecular flexibility index (Phi) is 5.86. The number of ether oxygens (including phenoxy) is 2. The molecule has 1 atom stereocenters. The molecule has 1 amide bonds. The normalized spacial score (nSPS) is 17.9. The first kappa shape index (κ1) is 25.0. The number of hydrogen-bond acceptors (Lipinski definition) is 5. The average molecular weight is 526 g/mol. The van der Waals surface area contributed by atoms with Crippen LogP contribution in [0.25, 0.3) is 33.0 Å². The fourth-order valence-electron chi connectivity index (χ4n) is 5.91. The molecule has 2 aliphatic heterocycles. The summed E-state index contributed by atoms with van der Waals surface area (Å²) in [5, 5.41) is 4.81. The number of nitrogens with one attached hydrogen (secondary N) is 1. The van der Waals surface area contributed by atoms with Gasteiger partial charge >= 0.3 is 18.0 Å². The van der Waals surface area contributed by atoms with Crippen LogP contribution < -0.4 is 5.32 Å². The number of aryl methyl sites for hydroxylation is 2. The molecule has 1 unspecified atom stereocenters. The number of fused-ring (bicyclic) bond motifs is 4. The van der Waals surface area contributed by atoms with E-state index in [1.54, 1.807) is 0 Å². The molecule has 1 N–H and O–H groups in total. The molecule has 8 heteroatoms. The number of carbonyl (C=O) groups excluding carboxylic acids is 3. The van der Waals surface area contributed by atoms with Crippen LogP contribution in [-0.4, -0.2) is 38.8 Å². The first-order chi connectivity index (χ1) is 18.6. The molecule has 2 aliphatic rings. The fourth-order valence-corrected chi connectivity index (χ4v) is 5.91. The van der Waals surface area contributed by atoms with E-state index in [0.717, 1.165) is 33.1 Å². The highest BCUT2D eigenvalue weighted by molar-refractivity contribution is 6.47. The van der Waals surface area contributed by atoms with Crippen LogP contribution in [0.4, 0.5) is 4.79 Å². The van der Waals surface area contributed by atoms with Crippen molar-refractivity contribution >= 4 is 51.0 Å². The van der Waals surface area contributed by atoms with Crippen LogP contribution in [-0.2, 0) is 39.1 Å². The van der Waals surface area contributed by atoms with E-state index in [-0.39, 0.29) is 6.04 Å². The molecular weight excluding hydrogens is 494 g/mol. The van der Waals surface area contributed by atoms with E-state index >= 15 is 0 Å². The molecule has 0 radical (unpaired) electrons. The Labute approximate surface area is 226 Å². The lowest BCUT2D eigenvalue weighted by Gasteiger charge is -2.23. The van der Waals surface area contributed by atoms with Gasteiger partial charge in [-0.2, -0.15) is 0 Å². The molecule has 2 aromatic heterocycles. The highest BCUT2D eigenvalue weighted by Gasteiger charge is 2.39. The zero-order chi connectivity index (χ0) is 27.5. The van der Waals surface area contributed by atoms with Gasteiger partial charge in [0, 0.05) is 64.5 Å². The molecule has 6 rings (SSSR count). The predicted octanol–water partition coefficient (Wildman–Crippen LogP) is 5.36. The van der Waals surface area contributed by atoms with Crippen molar-refractivity contribution in [3.05, 3.63) is 71.5 Å². The number of esters is 2. The number of amides is 1. The summed E-state index contributed by atoms with van der Waals surface area (Å²) in [6.07, 6.45) is 3.44. The van der Waals surface area contributed by atoms with Crippen molar-refractivity contribution in [2.45, 2.75) is 58.2 Å².